The summed E-state index contributed by atoms with van der Waals surface area (Å²) < 4.78 is 11.7. The fourth-order valence-electron chi connectivity index (χ4n) is 4.23. The van der Waals surface area contributed by atoms with Crippen LogP contribution in [0.4, 0.5) is 0 Å². The number of ether oxygens (including phenoxy) is 2. The Labute approximate surface area is 173 Å². The van der Waals surface area contributed by atoms with Gasteiger partial charge in [-0.3, -0.25) is 9.80 Å². The third-order valence-electron chi connectivity index (χ3n) is 5.76. The first-order valence-electron chi connectivity index (χ1n) is 10.8. The molecule has 0 radical (unpaired) electrons. The highest BCUT2D eigenvalue weighted by molar-refractivity contribution is 5.38. The minimum Gasteiger partial charge on any atom is -0.494 e. The van der Waals surface area contributed by atoms with Crippen molar-refractivity contribution in [2.45, 2.75) is 45.5 Å². The lowest BCUT2D eigenvalue weighted by Gasteiger charge is -2.29. The van der Waals surface area contributed by atoms with Crippen LogP contribution in [-0.2, 0) is 19.6 Å². The van der Waals surface area contributed by atoms with Crippen LogP contribution in [0.2, 0.25) is 0 Å². The molecule has 5 nitrogen and oxygen atoms in total. The van der Waals surface area contributed by atoms with Crippen LogP contribution in [0.1, 0.15) is 36.5 Å². The van der Waals surface area contributed by atoms with Crippen molar-refractivity contribution in [3.8, 4) is 11.5 Å². The average molecular weight is 397 g/mol. The average Bonchev–Trinajstić information content (AvgIpc) is 2.91. The Morgan fingerprint density at radius 3 is 2.62 bits per heavy atom. The Bertz CT molecular complexity index is 802. The predicted molar refractivity (Wildman–Crippen MR) is 114 cm³/mol. The van der Waals surface area contributed by atoms with Gasteiger partial charge in [0, 0.05) is 44.8 Å². The maximum Gasteiger partial charge on any atom is 0.123 e. The molecule has 0 atom stereocenters. The van der Waals surface area contributed by atoms with E-state index in [0.717, 1.165) is 63.6 Å². The summed E-state index contributed by atoms with van der Waals surface area (Å²) in [7, 11) is 0. The highest BCUT2D eigenvalue weighted by atomic mass is 16.5. The molecule has 1 fully saturated rings. The summed E-state index contributed by atoms with van der Waals surface area (Å²) in [6, 6.07) is 15.0. The Hall–Kier alpha value is -2.08. The van der Waals surface area contributed by atoms with Gasteiger partial charge in [-0.2, -0.15) is 0 Å². The molecule has 5 heteroatoms. The molecule has 1 saturated heterocycles. The first-order chi connectivity index (χ1) is 14.2. The standard InChI is InChI=1S/C24H32N2O3/c1-2-28-23-5-3-4-19(15-23)17-26-12-13-29-24-7-6-20(14-21(24)18-26)16-25-10-8-22(27)9-11-25/h3-7,14-15,22,27H,2,8-13,16-18H2,1H3. The lowest BCUT2D eigenvalue weighted by Crippen LogP contribution is -2.35. The molecule has 0 aliphatic carbocycles. The normalized spacial score (nSPS) is 18.7. The van der Waals surface area contributed by atoms with Crippen molar-refractivity contribution in [3.05, 3.63) is 59.2 Å². The van der Waals surface area contributed by atoms with E-state index in [1.807, 2.05) is 13.0 Å². The van der Waals surface area contributed by atoms with Crippen LogP contribution in [0.25, 0.3) is 0 Å². The maximum atomic E-state index is 9.72. The third-order valence-corrected chi connectivity index (χ3v) is 5.76. The molecular weight excluding hydrogens is 364 g/mol. The molecule has 1 N–H and O–H groups in total. The van der Waals surface area contributed by atoms with Gasteiger partial charge >= 0.3 is 0 Å². The molecule has 0 bridgehead atoms. The van der Waals surface area contributed by atoms with Crippen molar-refractivity contribution in [2.24, 2.45) is 0 Å². The first kappa shape index (κ1) is 20.2. The van der Waals surface area contributed by atoms with Crippen LogP contribution >= 0.6 is 0 Å². The van der Waals surface area contributed by atoms with Gasteiger partial charge < -0.3 is 14.6 Å². The van der Waals surface area contributed by atoms with Crippen molar-refractivity contribution in [1.82, 2.24) is 9.80 Å². The van der Waals surface area contributed by atoms with Gasteiger partial charge in [0.05, 0.1) is 12.7 Å². The molecule has 0 aromatic heterocycles. The second kappa shape index (κ2) is 9.61. The monoisotopic (exact) mass is 396 g/mol. The molecule has 2 aliphatic rings. The van der Waals surface area contributed by atoms with E-state index in [-0.39, 0.29) is 6.10 Å². The summed E-state index contributed by atoms with van der Waals surface area (Å²) in [5.41, 5.74) is 3.85. The number of fused-ring (bicyclic) bond motifs is 1. The molecule has 2 aromatic carbocycles. The summed E-state index contributed by atoms with van der Waals surface area (Å²) in [5.74, 6) is 1.94. The van der Waals surface area contributed by atoms with Gasteiger partial charge in [0.1, 0.15) is 18.1 Å². The lowest BCUT2D eigenvalue weighted by molar-refractivity contribution is 0.0792. The van der Waals surface area contributed by atoms with E-state index in [1.54, 1.807) is 0 Å². The summed E-state index contributed by atoms with van der Waals surface area (Å²) in [6.07, 6.45) is 1.63. The number of hydrogen-bond donors (Lipinski definition) is 1. The SMILES string of the molecule is CCOc1cccc(CN2CCOc3ccc(CN4CCC(O)CC4)cc3C2)c1. The number of nitrogens with zero attached hydrogens (tertiary/aromatic N) is 2. The zero-order valence-electron chi connectivity index (χ0n) is 17.3. The highest BCUT2D eigenvalue weighted by Crippen LogP contribution is 2.27. The van der Waals surface area contributed by atoms with E-state index < -0.39 is 0 Å². The number of benzene rings is 2. The van der Waals surface area contributed by atoms with E-state index in [1.165, 1.54) is 16.7 Å². The number of aliphatic hydroxyl groups excluding tert-OH is 1. The van der Waals surface area contributed by atoms with Crippen molar-refractivity contribution in [1.29, 1.82) is 0 Å². The first-order valence-corrected chi connectivity index (χ1v) is 10.8. The summed E-state index contributed by atoms with van der Waals surface area (Å²) in [4.78, 5) is 4.88. The number of likely N-dealkylation sites (tertiary alicyclic amines) is 1. The minimum absolute atomic E-state index is 0.124. The van der Waals surface area contributed by atoms with Crippen LogP contribution in [0.3, 0.4) is 0 Å². The van der Waals surface area contributed by atoms with Gasteiger partial charge in [0.2, 0.25) is 0 Å². The fraction of sp³-hybridized carbons (Fsp3) is 0.500. The summed E-state index contributed by atoms with van der Waals surface area (Å²) >= 11 is 0. The largest absolute Gasteiger partial charge is 0.494 e. The van der Waals surface area contributed by atoms with Gasteiger partial charge in [0.15, 0.2) is 0 Å². The van der Waals surface area contributed by atoms with Crippen LogP contribution in [-0.4, -0.2) is 53.9 Å². The minimum atomic E-state index is -0.124. The molecule has 2 heterocycles. The second-order valence-electron chi connectivity index (χ2n) is 8.09. The molecule has 156 valence electrons. The molecule has 0 unspecified atom stereocenters. The van der Waals surface area contributed by atoms with Gasteiger partial charge in [-0.15, -0.1) is 0 Å². The smallest absolute Gasteiger partial charge is 0.123 e. The van der Waals surface area contributed by atoms with Gasteiger partial charge in [-0.05, 0) is 55.2 Å². The van der Waals surface area contributed by atoms with E-state index >= 15 is 0 Å². The molecule has 0 amide bonds. The van der Waals surface area contributed by atoms with Crippen molar-refractivity contribution in [3.63, 3.8) is 0 Å². The van der Waals surface area contributed by atoms with Crippen molar-refractivity contribution < 1.29 is 14.6 Å². The van der Waals surface area contributed by atoms with Crippen LogP contribution < -0.4 is 9.47 Å². The topological polar surface area (TPSA) is 45.2 Å². The van der Waals surface area contributed by atoms with Crippen molar-refractivity contribution >= 4 is 0 Å². The predicted octanol–water partition coefficient (Wildman–Crippen LogP) is 3.44. The number of rotatable bonds is 6. The molecule has 2 aliphatic heterocycles. The van der Waals surface area contributed by atoms with E-state index in [4.69, 9.17) is 9.47 Å². The van der Waals surface area contributed by atoms with Crippen LogP contribution in [0.5, 0.6) is 11.5 Å². The highest BCUT2D eigenvalue weighted by Gasteiger charge is 2.19. The zero-order chi connectivity index (χ0) is 20.1. The molecule has 0 spiro atoms. The van der Waals surface area contributed by atoms with Gasteiger partial charge in [0.25, 0.3) is 0 Å². The Morgan fingerprint density at radius 2 is 1.79 bits per heavy atom. The molecular formula is C24H32N2O3. The van der Waals surface area contributed by atoms with Crippen molar-refractivity contribution in [2.75, 3.05) is 32.8 Å². The summed E-state index contributed by atoms with van der Waals surface area (Å²) in [6.45, 7) is 8.98. The summed E-state index contributed by atoms with van der Waals surface area (Å²) in [5, 5.41) is 9.72. The molecule has 2 aromatic rings. The third kappa shape index (κ3) is 5.50. The second-order valence-corrected chi connectivity index (χ2v) is 8.09. The Morgan fingerprint density at radius 1 is 1.00 bits per heavy atom. The fourth-order valence-corrected chi connectivity index (χ4v) is 4.23. The number of hydrogen-bond acceptors (Lipinski definition) is 5. The van der Waals surface area contributed by atoms with E-state index in [9.17, 15) is 5.11 Å². The lowest BCUT2D eigenvalue weighted by atomic mass is 10.0. The zero-order valence-corrected chi connectivity index (χ0v) is 17.3. The van der Waals surface area contributed by atoms with Gasteiger partial charge in [-0.25, -0.2) is 0 Å². The Kier molecular flexibility index (Phi) is 6.70. The molecule has 4 rings (SSSR count). The van der Waals surface area contributed by atoms with E-state index in [0.29, 0.717) is 13.2 Å². The quantitative estimate of drug-likeness (QED) is 0.810. The van der Waals surface area contributed by atoms with Gasteiger partial charge in [-0.1, -0.05) is 18.2 Å². The Balaban J connectivity index is 1.42. The number of aliphatic hydroxyl groups is 1. The van der Waals surface area contributed by atoms with Crippen LogP contribution in [0, 0.1) is 0 Å². The van der Waals surface area contributed by atoms with Crippen LogP contribution in [0.15, 0.2) is 42.5 Å². The molecule has 29 heavy (non-hydrogen) atoms. The number of piperidine rings is 1. The molecule has 0 saturated carbocycles. The van der Waals surface area contributed by atoms with E-state index in [2.05, 4.69) is 46.2 Å². The maximum absolute atomic E-state index is 9.72.